The van der Waals surface area contributed by atoms with Crippen molar-refractivity contribution in [1.82, 2.24) is 5.01 Å². The van der Waals surface area contributed by atoms with Crippen LogP contribution in [0, 0.1) is 0 Å². The van der Waals surface area contributed by atoms with E-state index in [1.165, 1.54) is 0 Å². The fraction of sp³-hybridized carbons (Fsp3) is 0.500. The van der Waals surface area contributed by atoms with E-state index in [0.717, 1.165) is 5.01 Å². The molecule has 0 saturated heterocycles. The van der Waals surface area contributed by atoms with Crippen LogP contribution >= 0.6 is 11.6 Å². The molecule has 5 nitrogen and oxygen atoms in total. The fourth-order valence-corrected chi connectivity index (χ4v) is 1.01. The summed E-state index contributed by atoms with van der Waals surface area (Å²) in [6.07, 6.45) is 0.631. The molecule has 0 spiro atoms. The van der Waals surface area contributed by atoms with Crippen molar-refractivity contribution in [2.75, 3.05) is 6.54 Å². The zero-order chi connectivity index (χ0) is 9.14. The van der Waals surface area contributed by atoms with Gasteiger partial charge in [0, 0.05) is 12.8 Å². The molecule has 1 aliphatic rings. The van der Waals surface area contributed by atoms with Crippen LogP contribution in [0.25, 0.3) is 0 Å². The minimum absolute atomic E-state index is 0.232. The highest BCUT2D eigenvalue weighted by atomic mass is 35.5. The van der Waals surface area contributed by atoms with E-state index in [-0.39, 0.29) is 17.5 Å². The molecule has 1 amide bonds. The van der Waals surface area contributed by atoms with Gasteiger partial charge in [-0.2, -0.15) is 5.10 Å². The van der Waals surface area contributed by atoms with Gasteiger partial charge >= 0.3 is 5.97 Å². The lowest BCUT2D eigenvalue weighted by Gasteiger charge is -2.18. The molecule has 1 heterocycles. The van der Waals surface area contributed by atoms with Gasteiger partial charge in [0.1, 0.15) is 11.7 Å². The maximum atomic E-state index is 11.0. The van der Waals surface area contributed by atoms with Gasteiger partial charge in [0.05, 0.1) is 0 Å². The highest BCUT2D eigenvalue weighted by molar-refractivity contribution is 6.65. The van der Waals surface area contributed by atoms with Crippen molar-refractivity contribution >= 4 is 28.6 Å². The van der Waals surface area contributed by atoms with Crippen LogP contribution in [0.15, 0.2) is 5.10 Å². The lowest BCUT2D eigenvalue weighted by Crippen LogP contribution is -2.34. The first-order chi connectivity index (χ1) is 5.59. The van der Waals surface area contributed by atoms with Gasteiger partial charge in [-0.3, -0.25) is 9.59 Å². The summed E-state index contributed by atoms with van der Waals surface area (Å²) in [6.45, 7) is -0.422. The fourth-order valence-electron chi connectivity index (χ4n) is 0.828. The van der Waals surface area contributed by atoms with E-state index in [9.17, 15) is 9.59 Å². The van der Waals surface area contributed by atoms with E-state index in [1.54, 1.807) is 0 Å². The first-order valence-electron chi connectivity index (χ1n) is 3.34. The van der Waals surface area contributed by atoms with Gasteiger partial charge in [0.2, 0.25) is 5.91 Å². The number of amides is 1. The minimum atomic E-state index is -1.10. The van der Waals surface area contributed by atoms with E-state index in [0.29, 0.717) is 6.42 Å². The number of hydrogen-bond donors (Lipinski definition) is 1. The van der Waals surface area contributed by atoms with Crippen LogP contribution in [-0.4, -0.2) is 33.7 Å². The molecule has 0 aromatic heterocycles. The predicted octanol–water partition coefficient (Wildman–Crippen LogP) is 0.246. The van der Waals surface area contributed by atoms with Crippen molar-refractivity contribution in [2.45, 2.75) is 12.8 Å². The number of nitrogens with zero attached hydrogens (tertiary/aromatic N) is 2. The molecule has 6 heteroatoms. The molecule has 0 aromatic carbocycles. The Balaban J connectivity index is 2.66. The highest BCUT2D eigenvalue weighted by Crippen LogP contribution is 2.10. The third-order valence-electron chi connectivity index (χ3n) is 1.35. The minimum Gasteiger partial charge on any atom is -0.480 e. The van der Waals surface area contributed by atoms with Gasteiger partial charge in [-0.25, -0.2) is 5.01 Å². The normalized spacial score (nSPS) is 17.6. The molecule has 1 N–H and O–H groups in total. The summed E-state index contributed by atoms with van der Waals surface area (Å²) >= 11 is 5.52. The summed E-state index contributed by atoms with van der Waals surface area (Å²) < 4.78 is 0. The highest BCUT2D eigenvalue weighted by Gasteiger charge is 2.21. The van der Waals surface area contributed by atoms with Crippen molar-refractivity contribution in [1.29, 1.82) is 0 Å². The van der Waals surface area contributed by atoms with E-state index >= 15 is 0 Å². The monoisotopic (exact) mass is 190 g/mol. The maximum absolute atomic E-state index is 11.0. The summed E-state index contributed by atoms with van der Waals surface area (Å²) in [4.78, 5) is 21.2. The summed E-state index contributed by atoms with van der Waals surface area (Å²) in [5.74, 6) is -1.40. The van der Waals surface area contributed by atoms with Crippen LogP contribution in [-0.2, 0) is 9.59 Å². The van der Waals surface area contributed by atoms with Gasteiger partial charge in [-0.15, -0.1) is 0 Å². The Labute approximate surface area is 73.6 Å². The SMILES string of the molecule is O=C(O)CN1N=C(Cl)CCC1=O. The molecule has 66 valence electrons. The molecule has 0 fully saturated rings. The lowest BCUT2D eigenvalue weighted by atomic mass is 10.3. The number of carboxylic acid groups (broad SMARTS) is 1. The van der Waals surface area contributed by atoms with Crippen LogP contribution in [0.1, 0.15) is 12.8 Å². The van der Waals surface area contributed by atoms with Gasteiger partial charge in [-0.05, 0) is 0 Å². The Morgan fingerprint density at radius 1 is 1.67 bits per heavy atom. The molecule has 0 atom stereocenters. The summed E-state index contributed by atoms with van der Waals surface area (Å²) in [6, 6.07) is 0. The van der Waals surface area contributed by atoms with Crippen LogP contribution in [0.3, 0.4) is 0 Å². The molecular weight excluding hydrogens is 184 g/mol. The molecule has 0 radical (unpaired) electrons. The van der Waals surface area contributed by atoms with Gasteiger partial charge < -0.3 is 5.11 Å². The number of rotatable bonds is 2. The van der Waals surface area contributed by atoms with Crippen molar-refractivity contribution in [2.24, 2.45) is 5.10 Å². The molecule has 1 aliphatic heterocycles. The molecule has 0 bridgehead atoms. The van der Waals surface area contributed by atoms with E-state index in [2.05, 4.69) is 5.10 Å². The third-order valence-corrected chi connectivity index (χ3v) is 1.61. The van der Waals surface area contributed by atoms with Crippen molar-refractivity contribution < 1.29 is 14.7 Å². The topological polar surface area (TPSA) is 70.0 Å². The predicted molar refractivity (Wildman–Crippen MR) is 41.9 cm³/mol. The third kappa shape index (κ3) is 2.20. The van der Waals surface area contributed by atoms with Gasteiger partial charge in [-0.1, -0.05) is 11.6 Å². The maximum Gasteiger partial charge on any atom is 0.325 e. The Morgan fingerprint density at radius 3 is 2.92 bits per heavy atom. The largest absolute Gasteiger partial charge is 0.480 e. The number of carboxylic acids is 1. The number of halogens is 1. The molecular formula is C6H7ClN2O3. The lowest BCUT2D eigenvalue weighted by molar-refractivity contribution is -0.144. The second kappa shape index (κ2) is 3.53. The van der Waals surface area contributed by atoms with E-state index in [1.807, 2.05) is 0 Å². The number of aliphatic carboxylic acids is 1. The summed E-state index contributed by atoms with van der Waals surface area (Å²) in [7, 11) is 0. The van der Waals surface area contributed by atoms with E-state index < -0.39 is 12.5 Å². The quantitative estimate of drug-likeness (QED) is 0.679. The molecule has 12 heavy (non-hydrogen) atoms. The van der Waals surface area contributed by atoms with Crippen LogP contribution in [0.5, 0.6) is 0 Å². The van der Waals surface area contributed by atoms with Crippen molar-refractivity contribution in [3.63, 3.8) is 0 Å². The van der Waals surface area contributed by atoms with Crippen LogP contribution < -0.4 is 0 Å². The molecule has 0 unspecified atom stereocenters. The average molecular weight is 191 g/mol. The molecule has 0 aliphatic carbocycles. The summed E-state index contributed by atoms with van der Waals surface area (Å²) in [5.41, 5.74) is 0. The van der Waals surface area contributed by atoms with Gasteiger partial charge in [0.25, 0.3) is 0 Å². The Morgan fingerprint density at radius 2 is 2.33 bits per heavy atom. The smallest absolute Gasteiger partial charge is 0.325 e. The van der Waals surface area contributed by atoms with E-state index in [4.69, 9.17) is 16.7 Å². The van der Waals surface area contributed by atoms with Crippen LogP contribution in [0.4, 0.5) is 0 Å². The zero-order valence-electron chi connectivity index (χ0n) is 6.16. The second-order valence-electron chi connectivity index (χ2n) is 2.32. The second-order valence-corrected chi connectivity index (χ2v) is 2.76. The van der Waals surface area contributed by atoms with Gasteiger partial charge in [0.15, 0.2) is 0 Å². The molecule has 0 saturated carbocycles. The first-order valence-corrected chi connectivity index (χ1v) is 3.72. The van der Waals surface area contributed by atoms with Crippen molar-refractivity contribution in [3.05, 3.63) is 0 Å². The summed E-state index contributed by atoms with van der Waals surface area (Å²) in [5, 5.41) is 13.1. The Hall–Kier alpha value is -1.10. The number of carbonyl (C=O) groups excluding carboxylic acids is 1. The zero-order valence-corrected chi connectivity index (χ0v) is 6.91. The average Bonchev–Trinajstić information content (AvgIpc) is 1.96. The standard InChI is InChI=1S/C6H7ClN2O3/c7-4-1-2-5(10)9(8-4)3-6(11)12/h1-3H2,(H,11,12). The first kappa shape index (κ1) is 8.99. The number of hydrazone groups is 1. The van der Waals surface area contributed by atoms with Crippen molar-refractivity contribution in [3.8, 4) is 0 Å². The Bertz CT molecular complexity index is 251. The molecule has 1 rings (SSSR count). The van der Waals surface area contributed by atoms with Crippen LogP contribution in [0.2, 0.25) is 0 Å². The number of carbonyl (C=O) groups is 2. The number of hydrogen-bond acceptors (Lipinski definition) is 3. The molecule has 0 aromatic rings. The Kier molecular flexibility index (Phi) is 2.65.